The van der Waals surface area contributed by atoms with Crippen molar-refractivity contribution >= 4 is 0 Å². The molecule has 0 fully saturated rings. The summed E-state index contributed by atoms with van der Waals surface area (Å²) in [6.45, 7) is 5.22. The Bertz CT molecular complexity index is 160. The molecule has 2 nitrogen and oxygen atoms in total. The zero-order valence-corrected chi connectivity index (χ0v) is 7.39. The molecule has 0 bridgehead atoms. The fraction of sp³-hybridized carbons (Fsp3) is 0.778. The average molecular weight is 156 g/mol. The molecule has 0 amide bonds. The van der Waals surface area contributed by atoms with E-state index in [4.69, 9.17) is 5.11 Å². The number of aliphatic hydroxyl groups excluding tert-OH is 1. The van der Waals surface area contributed by atoms with E-state index in [0.717, 1.165) is 0 Å². The topological polar surface area (TPSA) is 40.5 Å². The maximum atomic E-state index is 9.38. The molecule has 0 aromatic rings. The average Bonchev–Trinajstić information content (AvgIpc) is 1.87. The summed E-state index contributed by atoms with van der Waals surface area (Å²) < 4.78 is 0. The van der Waals surface area contributed by atoms with Crippen molar-refractivity contribution in [1.82, 2.24) is 0 Å². The minimum Gasteiger partial charge on any atom is -0.392 e. The number of hydrogen-bond acceptors (Lipinski definition) is 2. The van der Waals surface area contributed by atoms with Gasteiger partial charge in [-0.25, -0.2) is 0 Å². The first-order chi connectivity index (χ1) is 4.98. The van der Waals surface area contributed by atoms with E-state index < -0.39 is 11.7 Å². The quantitative estimate of drug-likeness (QED) is 0.584. The van der Waals surface area contributed by atoms with E-state index in [9.17, 15) is 5.11 Å². The van der Waals surface area contributed by atoms with E-state index in [1.54, 1.807) is 13.8 Å². The molecule has 2 atom stereocenters. The molecular weight excluding hydrogens is 140 g/mol. The molecule has 0 saturated heterocycles. The third-order valence-electron chi connectivity index (χ3n) is 1.44. The van der Waals surface area contributed by atoms with Crippen molar-refractivity contribution < 1.29 is 10.2 Å². The smallest absolute Gasteiger partial charge is 0.122 e. The SMILES string of the molecule is CCC(C)(O)C#CCC(C)O. The third kappa shape index (κ3) is 5.90. The van der Waals surface area contributed by atoms with Crippen LogP contribution in [0, 0.1) is 11.8 Å². The maximum absolute atomic E-state index is 9.38. The summed E-state index contributed by atoms with van der Waals surface area (Å²) in [5.74, 6) is 5.41. The standard InChI is InChI=1S/C9H16O2/c1-4-9(3,11)7-5-6-8(2)10/h8,10-11H,4,6H2,1-3H3. The minimum atomic E-state index is -0.894. The maximum Gasteiger partial charge on any atom is 0.122 e. The molecule has 0 heterocycles. The van der Waals surface area contributed by atoms with Crippen molar-refractivity contribution in [1.29, 1.82) is 0 Å². The summed E-state index contributed by atoms with van der Waals surface area (Å²) in [6.07, 6.45) is 0.630. The summed E-state index contributed by atoms with van der Waals surface area (Å²) in [6, 6.07) is 0. The molecule has 0 radical (unpaired) electrons. The van der Waals surface area contributed by atoms with E-state index in [2.05, 4.69) is 11.8 Å². The van der Waals surface area contributed by atoms with Crippen LogP contribution in [0.2, 0.25) is 0 Å². The first-order valence-corrected chi connectivity index (χ1v) is 3.88. The lowest BCUT2D eigenvalue weighted by Gasteiger charge is -2.11. The van der Waals surface area contributed by atoms with Crippen molar-refractivity contribution in [2.45, 2.75) is 45.3 Å². The molecule has 0 aromatic carbocycles. The largest absolute Gasteiger partial charge is 0.392 e. The summed E-state index contributed by atoms with van der Waals surface area (Å²) in [5, 5.41) is 18.2. The second kappa shape index (κ2) is 4.38. The molecule has 0 aromatic heterocycles. The molecule has 2 heteroatoms. The van der Waals surface area contributed by atoms with E-state index in [1.807, 2.05) is 6.92 Å². The van der Waals surface area contributed by atoms with Crippen LogP contribution in [0.3, 0.4) is 0 Å². The van der Waals surface area contributed by atoms with Crippen LogP contribution < -0.4 is 0 Å². The molecular formula is C9H16O2. The van der Waals surface area contributed by atoms with E-state index in [1.165, 1.54) is 0 Å². The fourth-order valence-corrected chi connectivity index (χ4v) is 0.478. The highest BCUT2D eigenvalue weighted by Crippen LogP contribution is 2.05. The zero-order valence-electron chi connectivity index (χ0n) is 7.39. The van der Waals surface area contributed by atoms with Gasteiger partial charge in [-0.2, -0.15) is 0 Å². The summed E-state index contributed by atoms with van der Waals surface area (Å²) in [7, 11) is 0. The molecule has 0 rings (SSSR count). The molecule has 64 valence electrons. The first-order valence-electron chi connectivity index (χ1n) is 3.88. The Kier molecular flexibility index (Phi) is 4.17. The van der Waals surface area contributed by atoms with Crippen molar-refractivity contribution in [3.63, 3.8) is 0 Å². The van der Waals surface area contributed by atoms with Crippen LogP contribution >= 0.6 is 0 Å². The second-order valence-electron chi connectivity index (χ2n) is 2.98. The second-order valence-corrected chi connectivity index (χ2v) is 2.98. The fourth-order valence-electron chi connectivity index (χ4n) is 0.478. The lowest BCUT2D eigenvalue weighted by atomic mass is 10.0. The van der Waals surface area contributed by atoms with Crippen LogP contribution in [0.1, 0.15) is 33.6 Å². The van der Waals surface area contributed by atoms with Gasteiger partial charge in [0.25, 0.3) is 0 Å². The molecule has 2 unspecified atom stereocenters. The number of aliphatic hydroxyl groups is 2. The van der Waals surface area contributed by atoms with Crippen molar-refractivity contribution in [2.75, 3.05) is 0 Å². The Balaban J connectivity index is 3.86. The van der Waals surface area contributed by atoms with Gasteiger partial charge in [0.05, 0.1) is 6.10 Å². The van der Waals surface area contributed by atoms with Gasteiger partial charge in [-0.3, -0.25) is 0 Å². The highest BCUT2D eigenvalue weighted by Gasteiger charge is 2.11. The Morgan fingerprint density at radius 1 is 1.55 bits per heavy atom. The monoisotopic (exact) mass is 156 g/mol. The lowest BCUT2D eigenvalue weighted by molar-refractivity contribution is 0.118. The molecule has 0 aliphatic heterocycles. The van der Waals surface area contributed by atoms with Gasteiger partial charge in [0.2, 0.25) is 0 Å². The van der Waals surface area contributed by atoms with Crippen LogP contribution in [0.4, 0.5) is 0 Å². The van der Waals surface area contributed by atoms with Gasteiger partial charge >= 0.3 is 0 Å². The van der Waals surface area contributed by atoms with Gasteiger partial charge in [0.1, 0.15) is 5.60 Å². The Labute approximate surface area is 68.2 Å². The highest BCUT2D eigenvalue weighted by molar-refractivity contribution is 5.11. The predicted octanol–water partition coefficient (Wildman–Crippen LogP) is 0.922. The van der Waals surface area contributed by atoms with Crippen LogP contribution in [-0.2, 0) is 0 Å². The van der Waals surface area contributed by atoms with E-state index >= 15 is 0 Å². The Morgan fingerprint density at radius 3 is 2.45 bits per heavy atom. The highest BCUT2D eigenvalue weighted by atomic mass is 16.3. The van der Waals surface area contributed by atoms with Crippen LogP contribution in [-0.4, -0.2) is 21.9 Å². The molecule has 0 aliphatic carbocycles. The van der Waals surface area contributed by atoms with Gasteiger partial charge in [0.15, 0.2) is 0 Å². The summed E-state index contributed by atoms with van der Waals surface area (Å²) >= 11 is 0. The van der Waals surface area contributed by atoms with Gasteiger partial charge in [-0.15, -0.1) is 0 Å². The van der Waals surface area contributed by atoms with Gasteiger partial charge < -0.3 is 10.2 Å². The normalized spacial score (nSPS) is 17.9. The van der Waals surface area contributed by atoms with Gasteiger partial charge in [-0.05, 0) is 20.3 Å². The Morgan fingerprint density at radius 2 is 2.09 bits per heavy atom. The molecule has 2 N–H and O–H groups in total. The summed E-state index contributed by atoms with van der Waals surface area (Å²) in [5.41, 5.74) is -0.894. The van der Waals surface area contributed by atoms with Crippen LogP contribution in [0.15, 0.2) is 0 Å². The van der Waals surface area contributed by atoms with Crippen molar-refractivity contribution in [3.05, 3.63) is 0 Å². The van der Waals surface area contributed by atoms with Crippen LogP contribution in [0.5, 0.6) is 0 Å². The lowest BCUT2D eigenvalue weighted by Crippen LogP contribution is -2.19. The molecule has 0 aliphatic rings. The molecule has 11 heavy (non-hydrogen) atoms. The zero-order chi connectivity index (χ0) is 8.91. The molecule has 0 saturated carbocycles. The van der Waals surface area contributed by atoms with Gasteiger partial charge in [-0.1, -0.05) is 18.8 Å². The number of hydrogen-bond donors (Lipinski definition) is 2. The van der Waals surface area contributed by atoms with E-state index in [0.29, 0.717) is 12.8 Å². The van der Waals surface area contributed by atoms with Crippen molar-refractivity contribution in [3.8, 4) is 11.8 Å². The van der Waals surface area contributed by atoms with Crippen LogP contribution in [0.25, 0.3) is 0 Å². The minimum absolute atomic E-state index is 0.407. The predicted molar refractivity (Wildman–Crippen MR) is 45.0 cm³/mol. The summed E-state index contributed by atoms with van der Waals surface area (Å²) in [4.78, 5) is 0. The van der Waals surface area contributed by atoms with E-state index in [-0.39, 0.29) is 0 Å². The Hall–Kier alpha value is -0.520. The molecule has 0 spiro atoms. The first kappa shape index (κ1) is 10.5. The number of rotatable bonds is 2. The van der Waals surface area contributed by atoms with Crippen molar-refractivity contribution in [2.24, 2.45) is 0 Å². The third-order valence-corrected chi connectivity index (χ3v) is 1.44. The van der Waals surface area contributed by atoms with Gasteiger partial charge in [0, 0.05) is 6.42 Å².